The fourth-order valence-corrected chi connectivity index (χ4v) is 1.91. The number of aliphatic hydroxyl groups excluding tert-OH is 2. The number of amides is 1. The van der Waals surface area contributed by atoms with Gasteiger partial charge in [0.15, 0.2) is 6.10 Å². The van der Waals surface area contributed by atoms with Gasteiger partial charge in [0.1, 0.15) is 5.75 Å². The summed E-state index contributed by atoms with van der Waals surface area (Å²) in [6, 6.07) is 5.40. The Bertz CT molecular complexity index is 478. The zero-order chi connectivity index (χ0) is 14.0. The van der Waals surface area contributed by atoms with Crippen molar-refractivity contribution in [2.75, 3.05) is 30.4 Å². The molecule has 1 aliphatic heterocycles. The summed E-state index contributed by atoms with van der Waals surface area (Å²) in [6.07, 6.45) is -1.29. The van der Waals surface area contributed by atoms with Crippen molar-refractivity contribution < 1.29 is 19.7 Å². The van der Waals surface area contributed by atoms with Gasteiger partial charge in [0, 0.05) is 19.3 Å². The molecule has 0 bridgehead atoms. The number of rotatable bonds is 4. The molecule has 0 spiro atoms. The van der Waals surface area contributed by atoms with Crippen molar-refractivity contribution in [3.05, 3.63) is 18.2 Å². The number of hydrogen-bond acceptors (Lipinski definition) is 5. The third kappa shape index (κ3) is 2.97. The fraction of sp³-hybridized carbons (Fsp3) is 0.462. The van der Waals surface area contributed by atoms with Gasteiger partial charge < -0.3 is 25.2 Å². The highest BCUT2D eigenvalue weighted by atomic mass is 16.5. The molecule has 3 N–H and O–H groups in total. The third-order valence-corrected chi connectivity index (χ3v) is 3.03. The summed E-state index contributed by atoms with van der Waals surface area (Å²) >= 11 is 0. The molecule has 0 saturated heterocycles. The Kier molecular flexibility index (Phi) is 3.92. The second-order valence-electron chi connectivity index (χ2n) is 4.65. The number of nitrogens with zero attached hydrogens (tertiary/aromatic N) is 1. The van der Waals surface area contributed by atoms with E-state index in [0.29, 0.717) is 18.0 Å². The number of fused-ring (bicyclic) bond motifs is 1. The largest absolute Gasteiger partial charge is 0.479 e. The molecule has 1 amide bonds. The topological polar surface area (TPSA) is 82.0 Å². The quantitative estimate of drug-likeness (QED) is 0.725. The molecule has 0 radical (unpaired) electrons. The van der Waals surface area contributed by atoms with Crippen LogP contribution in [0.25, 0.3) is 0 Å². The van der Waals surface area contributed by atoms with E-state index < -0.39 is 12.2 Å². The summed E-state index contributed by atoms with van der Waals surface area (Å²) < 4.78 is 5.46. The lowest BCUT2D eigenvalue weighted by Crippen LogP contribution is -2.35. The summed E-state index contributed by atoms with van der Waals surface area (Å²) in [6.45, 7) is 1.71. The molecule has 0 fully saturated rings. The summed E-state index contributed by atoms with van der Waals surface area (Å²) in [5.41, 5.74) is 1.44. The van der Waals surface area contributed by atoms with Crippen LogP contribution in [-0.4, -0.2) is 48.5 Å². The van der Waals surface area contributed by atoms with Crippen molar-refractivity contribution in [2.45, 2.75) is 19.1 Å². The standard InChI is InChI=1S/C13H18N2O4/c1-8-13(18)14-11-5-9(3-4-12(11)19-8)15(2)6-10(17)7-16/h3-5,8,10,16-17H,6-7H2,1-2H3,(H,14,18). The Morgan fingerprint density at radius 2 is 2.26 bits per heavy atom. The van der Waals surface area contributed by atoms with E-state index in [9.17, 15) is 9.90 Å². The van der Waals surface area contributed by atoms with Gasteiger partial charge in [-0.15, -0.1) is 0 Å². The van der Waals surface area contributed by atoms with Gasteiger partial charge in [-0.3, -0.25) is 4.79 Å². The van der Waals surface area contributed by atoms with Gasteiger partial charge >= 0.3 is 0 Å². The first-order valence-electron chi connectivity index (χ1n) is 6.13. The molecule has 1 aromatic carbocycles. The number of carbonyl (C=O) groups excluding carboxylic acids is 1. The highest BCUT2D eigenvalue weighted by molar-refractivity contribution is 5.98. The summed E-state index contributed by atoms with van der Waals surface area (Å²) in [5, 5.41) is 21.0. The fourth-order valence-electron chi connectivity index (χ4n) is 1.91. The molecule has 0 aliphatic carbocycles. The van der Waals surface area contributed by atoms with Crippen LogP contribution in [0.2, 0.25) is 0 Å². The van der Waals surface area contributed by atoms with E-state index in [1.54, 1.807) is 31.0 Å². The minimum atomic E-state index is -0.799. The highest BCUT2D eigenvalue weighted by Crippen LogP contribution is 2.33. The molecule has 2 atom stereocenters. The van der Waals surface area contributed by atoms with Gasteiger partial charge in [-0.1, -0.05) is 0 Å². The van der Waals surface area contributed by atoms with E-state index in [1.165, 1.54) is 0 Å². The number of aliphatic hydroxyl groups is 2. The number of benzene rings is 1. The second kappa shape index (κ2) is 5.46. The maximum absolute atomic E-state index is 11.5. The van der Waals surface area contributed by atoms with Gasteiger partial charge in [0.2, 0.25) is 0 Å². The molecule has 1 heterocycles. The molecule has 2 unspecified atom stereocenters. The van der Waals surface area contributed by atoms with E-state index in [0.717, 1.165) is 5.69 Å². The van der Waals surface area contributed by atoms with Crippen LogP contribution >= 0.6 is 0 Å². The number of hydrogen-bond donors (Lipinski definition) is 3. The Morgan fingerprint density at radius 1 is 1.53 bits per heavy atom. The number of likely N-dealkylation sites (N-methyl/N-ethyl adjacent to an activating group) is 1. The summed E-state index contributed by atoms with van der Waals surface area (Å²) in [4.78, 5) is 13.3. The van der Waals surface area contributed by atoms with Crippen molar-refractivity contribution in [3.8, 4) is 5.75 Å². The molecule has 1 aromatic rings. The molecular weight excluding hydrogens is 248 g/mol. The van der Waals surface area contributed by atoms with Crippen LogP contribution in [0.5, 0.6) is 5.75 Å². The Labute approximate surface area is 111 Å². The minimum Gasteiger partial charge on any atom is -0.479 e. The molecule has 6 nitrogen and oxygen atoms in total. The van der Waals surface area contributed by atoms with Crippen LogP contribution in [0.1, 0.15) is 6.92 Å². The van der Waals surface area contributed by atoms with E-state index in [4.69, 9.17) is 9.84 Å². The van der Waals surface area contributed by atoms with E-state index in [-0.39, 0.29) is 12.5 Å². The summed E-state index contributed by atoms with van der Waals surface area (Å²) in [5.74, 6) is 0.453. The van der Waals surface area contributed by atoms with Gasteiger partial charge in [0.05, 0.1) is 18.4 Å². The number of ether oxygens (including phenoxy) is 1. The van der Waals surface area contributed by atoms with Crippen molar-refractivity contribution in [1.29, 1.82) is 0 Å². The average Bonchev–Trinajstić information content (AvgIpc) is 2.39. The SMILES string of the molecule is CC1Oc2ccc(N(C)CC(O)CO)cc2NC1=O. The maximum atomic E-state index is 11.5. The number of carbonyl (C=O) groups is 1. The maximum Gasteiger partial charge on any atom is 0.265 e. The van der Waals surface area contributed by atoms with Crippen molar-refractivity contribution >= 4 is 17.3 Å². The van der Waals surface area contributed by atoms with E-state index in [1.807, 2.05) is 6.07 Å². The molecule has 104 valence electrons. The van der Waals surface area contributed by atoms with Crippen molar-refractivity contribution in [2.24, 2.45) is 0 Å². The molecular formula is C13H18N2O4. The van der Waals surface area contributed by atoms with Crippen LogP contribution in [0, 0.1) is 0 Å². The first-order valence-corrected chi connectivity index (χ1v) is 6.13. The predicted molar refractivity (Wildman–Crippen MR) is 71.5 cm³/mol. The molecule has 1 aliphatic rings. The zero-order valence-corrected chi connectivity index (χ0v) is 11.0. The van der Waals surface area contributed by atoms with E-state index >= 15 is 0 Å². The number of nitrogens with one attached hydrogen (secondary N) is 1. The van der Waals surface area contributed by atoms with Crippen LogP contribution < -0.4 is 15.0 Å². The first kappa shape index (κ1) is 13.6. The molecule has 0 saturated carbocycles. The normalized spacial score (nSPS) is 19.2. The smallest absolute Gasteiger partial charge is 0.265 e. The van der Waals surface area contributed by atoms with Gasteiger partial charge in [-0.2, -0.15) is 0 Å². The molecule has 19 heavy (non-hydrogen) atoms. The lowest BCUT2D eigenvalue weighted by molar-refractivity contribution is -0.122. The average molecular weight is 266 g/mol. The zero-order valence-electron chi connectivity index (χ0n) is 11.0. The number of anilines is 2. The second-order valence-corrected chi connectivity index (χ2v) is 4.65. The van der Waals surface area contributed by atoms with E-state index in [2.05, 4.69) is 5.32 Å². The molecule has 6 heteroatoms. The van der Waals surface area contributed by atoms with Crippen LogP contribution in [0.15, 0.2) is 18.2 Å². The van der Waals surface area contributed by atoms with Gasteiger partial charge in [-0.25, -0.2) is 0 Å². The summed E-state index contributed by atoms with van der Waals surface area (Å²) in [7, 11) is 1.80. The van der Waals surface area contributed by atoms with Crippen molar-refractivity contribution in [1.82, 2.24) is 0 Å². The molecule has 2 rings (SSSR count). The van der Waals surface area contributed by atoms with Crippen LogP contribution in [-0.2, 0) is 4.79 Å². The van der Waals surface area contributed by atoms with Crippen molar-refractivity contribution in [3.63, 3.8) is 0 Å². The highest BCUT2D eigenvalue weighted by Gasteiger charge is 2.23. The van der Waals surface area contributed by atoms with Crippen LogP contribution in [0.4, 0.5) is 11.4 Å². The monoisotopic (exact) mass is 266 g/mol. The van der Waals surface area contributed by atoms with Crippen LogP contribution in [0.3, 0.4) is 0 Å². The van der Waals surface area contributed by atoms with Gasteiger partial charge in [-0.05, 0) is 25.1 Å². The Morgan fingerprint density at radius 3 is 2.95 bits per heavy atom. The third-order valence-electron chi connectivity index (χ3n) is 3.03. The molecule has 0 aromatic heterocycles. The Hall–Kier alpha value is -1.79. The lowest BCUT2D eigenvalue weighted by atomic mass is 10.2. The lowest BCUT2D eigenvalue weighted by Gasteiger charge is -2.26. The Balaban J connectivity index is 2.17. The first-order chi connectivity index (χ1) is 9.01. The predicted octanol–water partition coefficient (Wildman–Crippen LogP) is 0.195. The van der Waals surface area contributed by atoms with Gasteiger partial charge in [0.25, 0.3) is 5.91 Å². The minimum absolute atomic E-state index is 0.178.